The summed E-state index contributed by atoms with van der Waals surface area (Å²) in [7, 11) is 3.41. The molecule has 0 N–H and O–H groups in total. The molecule has 10 atom stereocenters. The number of methoxy groups -OCH3 is 2. The fourth-order valence-corrected chi connectivity index (χ4v) is 10.3. The zero-order valence-corrected chi connectivity index (χ0v) is 31.2. The van der Waals surface area contributed by atoms with Gasteiger partial charge in [-0.15, -0.1) is 10.2 Å². The van der Waals surface area contributed by atoms with Crippen molar-refractivity contribution in [1.29, 1.82) is 0 Å². The van der Waals surface area contributed by atoms with Crippen LogP contribution in [0.25, 0.3) is 21.8 Å². The lowest BCUT2D eigenvalue weighted by molar-refractivity contribution is -0.0496. The van der Waals surface area contributed by atoms with E-state index in [2.05, 4.69) is 63.1 Å². The van der Waals surface area contributed by atoms with E-state index in [1.165, 1.54) is 19.3 Å². The lowest BCUT2D eigenvalue weighted by Crippen LogP contribution is -2.56. The monoisotopic (exact) mass is 714 g/mol. The van der Waals surface area contributed by atoms with Gasteiger partial charge in [-0.2, -0.15) is 0 Å². The number of pyridine rings is 2. The molecule has 5 aliphatic rings. The highest BCUT2D eigenvalue weighted by molar-refractivity contribution is 5.85. The molecule has 0 saturated carbocycles. The molecule has 5 saturated heterocycles. The maximum absolute atomic E-state index is 6.97. The molecule has 53 heavy (non-hydrogen) atoms. The number of nitrogens with zero attached hydrogens (tertiary/aromatic N) is 6. The van der Waals surface area contributed by atoms with E-state index in [0.29, 0.717) is 29.6 Å². The van der Waals surface area contributed by atoms with Crippen molar-refractivity contribution in [2.75, 3.05) is 33.9 Å². The fraction of sp³-hybridized carbons (Fsp3) is 0.488. The van der Waals surface area contributed by atoms with E-state index in [9.17, 15) is 0 Å². The second-order valence-electron chi connectivity index (χ2n) is 15.4. The lowest BCUT2D eigenvalue weighted by Gasteiger charge is -2.51. The number of hydrogen-bond acceptors (Lipinski definition) is 10. The molecule has 276 valence electrons. The van der Waals surface area contributed by atoms with Gasteiger partial charge in [0.25, 0.3) is 0 Å². The van der Waals surface area contributed by atoms with E-state index in [1.807, 2.05) is 48.8 Å². The van der Waals surface area contributed by atoms with E-state index in [1.54, 1.807) is 14.2 Å². The molecule has 3 aromatic heterocycles. The standard InChI is InChI=1S/C43H50N6O4/c1-5-26-25-48-19-15-27(26)21-38(48)42(31-13-17-44-35-9-7-29(50-3)23-33(31)35)52-40-11-12-41(47-46-40)53-43(39-22-28-16-20-49(39)37(28)6-2)32-14-18-45-36-10-8-30(51-4)24-34(32)36/h7-14,17-18,23-24,26-28,37-39,42-43H,5-6,15-16,19-22,25H2,1-4H3/t26?,27?,28?,37?,38?,39-,42+,43+/m1/s1. The van der Waals surface area contributed by atoms with Crippen LogP contribution in [0.1, 0.15) is 75.7 Å². The van der Waals surface area contributed by atoms with Crippen LogP contribution in [0.2, 0.25) is 0 Å². The first-order valence-corrected chi connectivity index (χ1v) is 19.6. The third kappa shape index (κ3) is 6.23. The molecule has 0 aliphatic carbocycles. The first-order valence-electron chi connectivity index (χ1n) is 19.6. The quantitative estimate of drug-likeness (QED) is 0.127. The molecule has 0 amide bonds. The van der Waals surface area contributed by atoms with Crippen LogP contribution in [0.5, 0.6) is 23.3 Å². The molecule has 5 aliphatic heterocycles. The molecular formula is C43H50N6O4. The number of rotatable bonds is 12. The number of aromatic nitrogens is 4. The third-order valence-corrected chi connectivity index (χ3v) is 13.0. The summed E-state index contributed by atoms with van der Waals surface area (Å²) in [6, 6.07) is 21.2. The van der Waals surface area contributed by atoms with Crippen molar-refractivity contribution in [1.82, 2.24) is 30.0 Å². The van der Waals surface area contributed by atoms with Crippen LogP contribution in [0.4, 0.5) is 0 Å². The van der Waals surface area contributed by atoms with Gasteiger partial charge >= 0.3 is 0 Å². The van der Waals surface area contributed by atoms with Gasteiger partial charge in [0.05, 0.1) is 37.3 Å². The number of benzene rings is 2. The molecular weight excluding hydrogens is 665 g/mol. The predicted molar refractivity (Wildman–Crippen MR) is 205 cm³/mol. The molecule has 0 radical (unpaired) electrons. The van der Waals surface area contributed by atoms with Gasteiger partial charge in [-0.25, -0.2) is 0 Å². The molecule has 4 bridgehead atoms. The minimum absolute atomic E-state index is 0.214. The SMILES string of the molecule is CCC1CN2CCC1CC2[C@@H](Oc1ccc(O[C@@H](c2ccnc3ccc(OC)cc23)[C@H]2CC3CCN2C3CC)nn1)c1ccnc2ccc(OC)cc12. The van der Waals surface area contributed by atoms with Crippen LogP contribution >= 0.6 is 0 Å². The minimum Gasteiger partial charge on any atom is -0.497 e. The van der Waals surface area contributed by atoms with Gasteiger partial charge in [0, 0.05) is 59.0 Å². The number of ether oxygens (including phenoxy) is 4. The molecule has 2 aromatic carbocycles. The maximum atomic E-state index is 6.97. The smallest absolute Gasteiger partial charge is 0.234 e. The average molecular weight is 715 g/mol. The van der Waals surface area contributed by atoms with Crippen LogP contribution in [-0.2, 0) is 0 Å². The minimum atomic E-state index is -0.256. The first kappa shape index (κ1) is 34.2. The van der Waals surface area contributed by atoms with Gasteiger partial charge in [0.2, 0.25) is 11.8 Å². The predicted octanol–water partition coefficient (Wildman–Crippen LogP) is 7.82. The second kappa shape index (κ2) is 14.4. The van der Waals surface area contributed by atoms with E-state index >= 15 is 0 Å². The van der Waals surface area contributed by atoms with Gasteiger partial charge in [-0.3, -0.25) is 19.8 Å². The molecule has 10 rings (SSSR count). The third-order valence-electron chi connectivity index (χ3n) is 13.0. The summed E-state index contributed by atoms with van der Waals surface area (Å²) in [5.41, 5.74) is 4.03. The summed E-state index contributed by atoms with van der Waals surface area (Å²) < 4.78 is 25.2. The van der Waals surface area contributed by atoms with Crippen LogP contribution in [0, 0.1) is 17.8 Å². The zero-order valence-electron chi connectivity index (χ0n) is 31.2. The van der Waals surface area contributed by atoms with Crippen molar-refractivity contribution in [3.63, 3.8) is 0 Å². The summed E-state index contributed by atoms with van der Waals surface area (Å²) in [6.07, 6.45) is 10.3. The van der Waals surface area contributed by atoms with Gasteiger partial charge < -0.3 is 18.9 Å². The van der Waals surface area contributed by atoms with Crippen molar-refractivity contribution in [3.8, 4) is 23.3 Å². The Labute approximate surface area is 311 Å². The van der Waals surface area contributed by atoms with Gasteiger partial charge in [0.15, 0.2) is 0 Å². The summed E-state index contributed by atoms with van der Waals surface area (Å²) in [6.45, 7) is 7.91. The lowest BCUT2D eigenvalue weighted by atomic mass is 9.72. The Morgan fingerprint density at radius 3 is 1.77 bits per heavy atom. The summed E-state index contributed by atoms with van der Waals surface area (Å²) in [5, 5.41) is 11.4. The molecule has 8 heterocycles. The Balaban J connectivity index is 1.05. The highest BCUT2D eigenvalue weighted by Gasteiger charge is 2.49. The normalized spacial score (nSPS) is 28.6. The van der Waals surface area contributed by atoms with Crippen molar-refractivity contribution >= 4 is 21.8 Å². The van der Waals surface area contributed by atoms with Crippen molar-refractivity contribution in [2.24, 2.45) is 17.8 Å². The van der Waals surface area contributed by atoms with Crippen LogP contribution in [0.3, 0.4) is 0 Å². The van der Waals surface area contributed by atoms with Crippen LogP contribution in [0.15, 0.2) is 73.1 Å². The fourth-order valence-electron chi connectivity index (χ4n) is 10.3. The molecule has 5 aromatic rings. The highest BCUT2D eigenvalue weighted by atomic mass is 16.5. The topological polar surface area (TPSA) is 95.0 Å². The highest BCUT2D eigenvalue weighted by Crippen LogP contribution is 2.48. The van der Waals surface area contributed by atoms with Gasteiger partial charge in [-0.1, -0.05) is 20.3 Å². The number of hydrogen-bond donors (Lipinski definition) is 0. The Morgan fingerprint density at radius 1 is 0.679 bits per heavy atom. The van der Waals surface area contributed by atoms with Crippen molar-refractivity contribution in [3.05, 3.63) is 84.2 Å². The van der Waals surface area contributed by atoms with E-state index < -0.39 is 0 Å². The van der Waals surface area contributed by atoms with E-state index in [0.717, 1.165) is 89.2 Å². The number of fused-ring (bicyclic) bond motifs is 7. The second-order valence-corrected chi connectivity index (χ2v) is 15.4. The molecule has 10 nitrogen and oxygen atoms in total. The molecule has 10 heteroatoms. The van der Waals surface area contributed by atoms with Gasteiger partial charge in [0.1, 0.15) is 23.7 Å². The van der Waals surface area contributed by atoms with Crippen LogP contribution in [-0.4, -0.2) is 81.9 Å². The van der Waals surface area contributed by atoms with Crippen molar-refractivity contribution in [2.45, 2.75) is 82.7 Å². The van der Waals surface area contributed by atoms with E-state index in [-0.39, 0.29) is 24.3 Å². The molecule has 7 unspecified atom stereocenters. The first-order chi connectivity index (χ1) is 26.0. The Bertz CT molecular complexity index is 2080. The summed E-state index contributed by atoms with van der Waals surface area (Å²) >= 11 is 0. The Hall–Kier alpha value is -4.54. The summed E-state index contributed by atoms with van der Waals surface area (Å²) in [5.74, 6) is 4.67. The van der Waals surface area contributed by atoms with Gasteiger partial charge in [-0.05, 0) is 111 Å². The Kier molecular flexibility index (Phi) is 9.28. The molecule has 5 fully saturated rings. The average Bonchev–Trinajstić information content (AvgIpc) is 3.79. The molecule has 0 spiro atoms. The largest absolute Gasteiger partial charge is 0.497 e. The maximum Gasteiger partial charge on any atom is 0.234 e. The van der Waals surface area contributed by atoms with Crippen LogP contribution < -0.4 is 18.9 Å². The zero-order chi connectivity index (χ0) is 36.1. The number of piperidine rings is 4. The Morgan fingerprint density at radius 2 is 1.26 bits per heavy atom. The summed E-state index contributed by atoms with van der Waals surface area (Å²) in [4.78, 5) is 14.7. The van der Waals surface area contributed by atoms with Crippen molar-refractivity contribution < 1.29 is 18.9 Å². The van der Waals surface area contributed by atoms with E-state index in [4.69, 9.17) is 23.9 Å².